The van der Waals surface area contributed by atoms with Crippen LogP contribution in [-0.4, -0.2) is 49.9 Å². The molecule has 0 N–H and O–H groups in total. The predicted molar refractivity (Wildman–Crippen MR) is 84.6 cm³/mol. The van der Waals surface area contributed by atoms with Crippen LogP contribution in [0.1, 0.15) is 37.0 Å². The average Bonchev–Trinajstić information content (AvgIpc) is 2.92. The second-order valence-electron chi connectivity index (χ2n) is 4.77. The largest absolute Gasteiger partial charge is 0.383 e. The normalized spacial score (nSPS) is 14.7. The van der Waals surface area contributed by atoms with Crippen LogP contribution in [0, 0.1) is 0 Å². The fourth-order valence-electron chi connectivity index (χ4n) is 2.31. The van der Waals surface area contributed by atoms with Crippen molar-refractivity contribution < 1.29 is 9.47 Å². The molecule has 20 heavy (non-hydrogen) atoms. The van der Waals surface area contributed by atoms with Gasteiger partial charge in [0, 0.05) is 32.2 Å². The fraction of sp³-hybridized carbons (Fsp3) is 0.786. The van der Waals surface area contributed by atoms with E-state index < -0.39 is 0 Å². The molecule has 0 radical (unpaired) electrons. The van der Waals surface area contributed by atoms with Crippen molar-refractivity contribution >= 4 is 22.9 Å². The van der Waals surface area contributed by atoms with Crippen molar-refractivity contribution in [2.24, 2.45) is 0 Å². The van der Waals surface area contributed by atoms with E-state index in [9.17, 15) is 0 Å². The lowest BCUT2D eigenvalue weighted by molar-refractivity contribution is 0.0450. The lowest BCUT2D eigenvalue weighted by Gasteiger charge is -2.34. The Hall–Kier alpha value is -0.200. The molecule has 1 heterocycles. The van der Waals surface area contributed by atoms with Crippen LogP contribution in [0.3, 0.4) is 0 Å². The number of methoxy groups -OCH3 is 2. The molecule has 0 aromatic carbocycles. The zero-order valence-corrected chi connectivity index (χ0v) is 14.3. The topological polar surface area (TPSA) is 34.6 Å². The van der Waals surface area contributed by atoms with Gasteiger partial charge in [-0.1, -0.05) is 6.92 Å². The highest BCUT2D eigenvalue weighted by Gasteiger charge is 2.25. The van der Waals surface area contributed by atoms with Gasteiger partial charge in [0.2, 0.25) is 0 Å². The Morgan fingerprint density at radius 1 is 1.40 bits per heavy atom. The number of ether oxygens (including phenoxy) is 2. The zero-order chi connectivity index (χ0) is 15.0. The third-order valence-electron chi connectivity index (χ3n) is 3.31. The molecule has 1 aromatic rings. The van der Waals surface area contributed by atoms with Crippen LogP contribution in [0.25, 0.3) is 0 Å². The predicted octanol–water partition coefficient (Wildman–Crippen LogP) is 3.32. The smallest absolute Gasteiger partial charge is 0.110 e. The second kappa shape index (κ2) is 9.68. The van der Waals surface area contributed by atoms with Crippen molar-refractivity contribution in [2.75, 3.05) is 34.0 Å². The molecule has 0 aliphatic carbocycles. The number of alkyl halides is 1. The van der Waals surface area contributed by atoms with E-state index in [0.29, 0.717) is 25.1 Å². The molecule has 2 atom stereocenters. The standard InChI is InChI=1S/C14H25ClN2O2S/c1-5-13(14-16-12(8-15)10-20-14)17(6-7-18-3)11(2)9-19-4/h10-11,13H,5-9H2,1-4H3. The van der Waals surface area contributed by atoms with E-state index in [2.05, 4.69) is 23.7 Å². The zero-order valence-electron chi connectivity index (χ0n) is 12.8. The molecule has 6 heteroatoms. The highest BCUT2D eigenvalue weighted by atomic mass is 35.5. The summed E-state index contributed by atoms with van der Waals surface area (Å²) in [5, 5.41) is 3.17. The van der Waals surface area contributed by atoms with Crippen LogP contribution in [0.15, 0.2) is 5.38 Å². The van der Waals surface area contributed by atoms with E-state index in [4.69, 9.17) is 21.1 Å². The van der Waals surface area contributed by atoms with Crippen molar-refractivity contribution in [2.45, 2.75) is 38.2 Å². The summed E-state index contributed by atoms with van der Waals surface area (Å²) in [6, 6.07) is 0.612. The first kappa shape index (κ1) is 17.9. The molecule has 0 spiro atoms. The average molecular weight is 321 g/mol. The molecule has 2 unspecified atom stereocenters. The van der Waals surface area contributed by atoms with Crippen LogP contribution in [-0.2, 0) is 15.4 Å². The maximum absolute atomic E-state index is 5.85. The second-order valence-corrected chi connectivity index (χ2v) is 5.93. The van der Waals surface area contributed by atoms with Crippen molar-refractivity contribution in [3.8, 4) is 0 Å². The van der Waals surface area contributed by atoms with Crippen LogP contribution in [0.4, 0.5) is 0 Å². The molecular formula is C14H25ClN2O2S. The van der Waals surface area contributed by atoms with Crippen molar-refractivity contribution in [1.82, 2.24) is 9.88 Å². The van der Waals surface area contributed by atoms with Gasteiger partial charge in [-0.3, -0.25) is 4.90 Å². The number of halogens is 1. The lowest BCUT2D eigenvalue weighted by Crippen LogP contribution is -2.41. The Morgan fingerprint density at radius 2 is 2.15 bits per heavy atom. The van der Waals surface area contributed by atoms with Crippen LogP contribution < -0.4 is 0 Å². The van der Waals surface area contributed by atoms with Gasteiger partial charge in [0.25, 0.3) is 0 Å². The van der Waals surface area contributed by atoms with E-state index in [1.54, 1.807) is 25.6 Å². The Labute approximate surface area is 131 Å². The first-order chi connectivity index (χ1) is 9.67. The number of nitrogens with zero attached hydrogens (tertiary/aromatic N) is 2. The summed E-state index contributed by atoms with van der Waals surface area (Å²) in [5.74, 6) is 0.471. The number of hydrogen-bond donors (Lipinski definition) is 0. The molecular weight excluding hydrogens is 296 g/mol. The fourth-order valence-corrected chi connectivity index (χ4v) is 3.56. The number of thiazole rings is 1. The summed E-state index contributed by atoms with van der Waals surface area (Å²) in [7, 11) is 3.47. The van der Waals surface area contributed by atoms with Crippen LogP contribution >= 0.6 is 22.9 Å². The third-order valence-corrected chi connectivity index (χ3v) is 4.57. The monoisotopic (exact) mass is 320 g/mol. The van der Waals surface area contributed by atoms with E-state index >= 15 is 0 Å². The van der Waals surface area contributed by atoms with Crippen molar-refractivity contribution in [3.63, 3.8) is 0 Å². The van der Waals surface area contributed by atoms with Gasteiger partial charge >= 0.3 is 0 Å². The Bertz CT molecular complexity index is 376. The lowest BCUT2D eigenvalue weighted by atomic mass is 10.1. The first-order valence-corrected chi connectivity index (χ1v) is 8.33. The van der Waals surface area contributed by atoms with E-state index in [1.807, 2.05) is 5.38 Å². The summed E-state index contributed by atoms with van der Waals surface area (Å²) < 4.78 is 10.5. The maximum Gasteiger partial charge on any atom is 0.110 e. The van der Waals surface area contributed by atoms with E-state index in [-0.39, 0.29) is 6.04 Å². The molecule has 116 valence electrons. The minimum absolute atomic E-state index is 0.289. The van der Waals surface area contributed by atoms with Gasteiger partial charge < -0.3 is 9.47 Å². The Morgan fingerprint density at radius 3 is 2.65 bits per heavy atom. The van der Waals surface area contributed by atoms with Gasteiger partial charge in [0.15, 0.2) is 0 Å². The molecule has 0 fully saturated rings. The Kier molecular flexibility index (Phi) is 8.64. The highest BCUT2D eigenvalue weighted by Crippen LogP contribution is 2.29. The molecule has 4 nitrogen and oxygen atoms in total. The van der Waals surface area contributed by atoms with Crippen LogP contribution in [0.5, 0.6) is 0 Å². The number of rotatable bonds is 10. The van der Waals surface area contributed by atoms with Gasteiger partial charge in [-0.2, -0.15) is 0 Å². The maximum atomic E-state index is 5.85. The Balaban J connectivity index is 2.87. The minimum Gasteiger partial charge on any atom is -0.383 e. The molecule has 0 amide bonds. The summed E-state index contributed by atoms with van der Waals surface area (Å²) in [4.78, 5) is 7.04. The van der Waals surface area contributed by atoms with Crippen molar-refractivity contribution in [3.05, 3.63) is 16.1 Å². The molecule has 0 aliphatic heterocycles. The van der Waals surface area contributed by atoms with Gasteiger partial charge in [-0.05, 0) is 13.3 Å². The molecule has 1 rings (SSSR count). The number of hydrogen-bond acceptors (Lipinski definition) is 5. The first-order valence-electron chi connectivity index (χ1n) is 6.91. The SMILES string of the molecule is CCC(c1nc(CCl)cs1)N(CCOC)C(C)COC. The van der Waals surface area contributed by atoms with Gasteiger partial charge in [-0.15, -0.1) is 22.9 Å². The van der Waals surface area contributed by atoms with Crippen LogP contribution in [0.2, 0.25) is 0 Å². The number of aromatic nitrogens is 1. The quantitative estimate of drug-likeness (QED) is 0.619. The highest BCUT2D eigenvalue weighted by molar-refractivity contribution is 7.09. The molecule has 1 aromatic heterocycles. The minimum atomic E-state index is 0.289. The molecule has 0 aliphatic rings. The van der Waals surface area contributed by atoms with Crippen molar-refractivity contribution in [1.29, 1.82) is 0 Å². The summed E-state index contributed by atoms with van der Waals surface area (Å²) in [6.07, 6.45) is 1.01. The van der Waals surface area contributed by atoms with E-state index in [0.717, 1.165) is 23.7 Å². The van der Waals surface area contributed by atoms with Gasteiger partial charge in [-0.25, -0.2) is 4.98 Å². The molecule has 0 saturated heterocycles. The van der Waals surface area contributed by atoms with Gasteiger partial charge in [0.1, 0.15) is 5.01 Å². The van der Waals surface area contributed by atoms with E-state index in [1.165, 1.54) is 0 Å². The molecule has 0 saturated carbocycles. The summed E-state index contributed by atoms with van der Waals surface area (Å²) >= 11 is 7.54. The third kappa shape index (κ3) is 4.97. The summed E-state index contributed by atoms with van der Waals surface area (Å²) in [5.41, 5.74) is 0.955. The summed E-state index contributed by atoms with van der Waals surface area (Å²) in [6.45, 7) is 6.64. The van der Waals surface area contributed by atoms with Gasteiger partial charge in [0.05, 0.1) is 30.8 Å². The molecule has 0 bridgehead atoms.